The van der Waals surface area contributed by atoms with Crippen LogP contribution in [0.1, 0.15) is 43.0 Å². The third-order valence-corrected chi connectivity index (χ3v) is 4.71. The van der Waals surface area contributed by atoms with E-state index in [9.17, 15) is 14.4 Å². The van der Waals surface area contributed by atoms with Gasteiger partial charge in [0.15, 0.2) is 0 Å². The van der Waals surface area contributed by atoms with Crippen molar-refractivity contribution in [1.82, 2.24) is 10.2 Å². The molecule has 24 heavy (non-hydrogen) atoms. The average Bonchev–Trinajstić information content (AvgIpc) is 3.13. The first-order valence-corrected chi connectivity index (χ1v) is 9.31. The van der Waals surface area contributed by atoms with Crippen molar-refractivity contribution in [2.24, 2.45) is 5.92 Å². The number of likely N-dealkylation sites (tertiary alicyclic amines) is 1. The molecular weight excluding hydrogens is 328 g/mol. The van der Waals surface area contributed by atoms with E-state index >= 15 is 0 Å². The van der Waals surface area contributed by atoms with E-state index in [-0.39, 0.29) is 23.7 Å². The Kier molecular flexibility index (Phi) is 7.24. The van der Waals surface area contributed by atoms with Crippen LogP contribution in [0.5, 0.6) is 0 Å². The zero-order valence-electron chi connectivity index (χ0n) is 14.0. The Morgan fingerprint density at radius 3 is 2.96 bits per heavy atom. The molecule has 2 rings (SSSR count). The minimum atomic E-state index is -0.210. The fraction of sp³-hybridized carbons (Fsp3) is 0.588. The maximum atomic E-state index is 12.3. The number of carbonyl (C=O) groups excluding carboxylic acids is 3. The first-order chi connectivity index (χ1) is 11.6. The maximum Gasteiger partial charge on any atom is 0.310 e. The van der Waals surface area contributed by atoms with Crippen molar-refractivity contribution in [1.29, 1.82) is 0 Å². The summed E-state index contributed by atoms with van der Waals surface area (Å²) in [5, 5.41) is 6.46. The number of carbonyl (C=O) groups is 3. The van der Waals surface area contributed by atoms with E-state index in [0.717, 1.165) is 12.8 Å². The molecule has 0 radical (unpaired) electrons. The summed E-state index contributed by atoms with van der Waals surface area (Å²) in [4.78, 5) is 37.6. The van der Waals surface area contributed by atoms with E-state index in [1.807, 2.05) is 5.38 Å². The molecule has 1 aromatic heterocycles. The van der Waals surface area contributed by atoms with Gasteiger partial charge in [-0.2, -0.15) is 11.3 Å². The number of esters is 1. The van der Waals surface area contributed by atoms with Crippen molar-refractivity contribution >= 4 is 29.1 Å². The molecule has 1 aliphatic heterocycles. The van der Waals surface area contributed by atoms with E-state index in [1.54, 1.807) is 23.3 Å². The first kappa shape index (κ1) is 18.4. The highest BCUT2D eigenvalue weighted by Crippen LogP contribution is 2.19. The third kappa shape index (κ3) is 5.33. The zero-order chi connectivity index (χ0) is 17.4. The predicted molar refractivity (Wildman–Crippen MR) is 91.8 cm³/mol. The van der Waals surface area contributed by atoms with E-state index in [0.29, 0.717) is 44.6 Å². The van der Waals surface area contributed by atoms with Gasteiger partial charge in [-0.1, -0.05) is 0 Å². The van der Waals surface area contributed by atoms with Crippen LogP contribution in [0.4, 0.5) is 0 Å². The lowest BCUT2D eigenvalue weighted by atomic mass is 9.98. The molecule has 1 saturated heterocycles. The standard InChI is InChI=1S/C17H24N2O4S/c1-2-23-17(22)13-5-4-9-19(11-13)15(20)6-3-8-18-16(21)14-7-10-24-12-14/h7,10,12-13H,2-6,8-9,11H2,1H3,(H,18,21). The number of hydrogen-bond acceptors (Lipinski definition) is 5. The van der Waals surface area contributed by atoms with Gasteiger partial charge in [0.25, 0.3) is 5.91 Å². The molecule has 0 spiro atoms. The van der Waals surface area contributed by atoms with E-state index in [4.69, 9.17) is 4.74 Å². The summed E-state index contributed by atoms with van der Waals surface area (Å²) in [6.45, 7) is 3.76. The van der Waals surface area contributed by atoms with Crippen LogP contribution in [0.25, 0.3) is 0 Å². The number of nitrogens with zero attached hydrogens (tertiary/aromatic N) is 1. The molecule has 1 N–H and O–H groups in total. The smallest absolute Gasteiger partial charge is 0.310 e. The van der Waals surface area contributed by atoms with Crippen LogP contribution < -0.4 is 5.32 Å². The highest BCUT2D eigenvalue weighted by molar-refractivity contribution is 7.08. The molecule has 7 heteroatoms. The monoisotopic (exact) mass is 352 g/mol. The number of piperidine rings is 1. The van der Waals surface area contributed by atoms with Gasteiger partial charge in [-0.3, -0.25) is 14.4 Å². The van der Waals surface area contributed by atoms with Crippen molar-refractivity contribution < 1.29 is 19.1 Å². The molecule has 2 heterocycles. The second-order valence-corrected chi connectivity index (χ2v) is 6.58. The summed E-state index contributed by atoms with van der Waals surface area (Å²) >= 11 is 1.48. The molecule has 0 aromatic carbocycles. The summed E-state index contributed by atoms with van der Waals surface area (Å²) in [6, 6.07) is 1.77. The van der Waals surface area contributed by atoms with Crippen LogP contribution in [-0.4, -0.2) is 48.9 Å². The highest BCUT2D eigenvalue weighted by atomic mass is 32.1. The summed E-state index contributed by atoms with van der Waals surface area (Å²) in [5.41, 5.74) is 0.652. The lowest BCUT2D eigenvalue weighted by molar-refractivity contribution is -0.151. The molecule has 1 atom stereocenters. The molecule has 2 amide bonds. The van der Waals surface area contributed by atoms with Crippen molar-refractivity contribution in [3.05, 3.63) is 22.4 Å². The highest BCUT2D eigenvalue weighted by Gasteiger charge is 2.28. The fourth-order valence-corrected chi connectivity index (χ4v) is 3.39. The molecule has 1 aromatic rings. The maximum absolute atomic E-state index is 12.3. The molecule has 1 fully saturated rings. The Bertz CT molecular complexity index is 559. The van der Waals surface area contributed by atoms with Gasteiger partial charge in [-0.25, -0.2) is 0 Å². The number of amides is 2. The number of hydrogen-bond donors (Lipinski definition) is 1. The second-order valence-electron chi connectivity index (χ2n) is 5.80. The molecule has 1 aliphatic rings. The van der Waals surface area contributed by atoms with Gasteiger partial charge >= 0.3 is 5.97 Å². The van der Waals surface area contributed by atoms with Crippen LogP contribution in [0, 0.1) is 5.92 Å². The van der Waals surface area contributed by atoms with Gasteiger partial charge in [0.2, 0.25) is 5.91 Å². The van der Waals surface area contributed by atoms with Gasteiger partial charge in [-0.15, -0.1) is 0 Å². The summed E-state index contributed by atoms with van der Waals surface area (Å²) < 4.78 is 5.05. The second kappa shape index (κ2) is 9.42. The van der Waals surface area contributed by atoms with E-state index in [2.05, 4.69) is 5.32 Å². The Hall–Kier alpha value is -1.89. The largest absolute Gasteiger partial charge is 0.466 e. The summed E-state index contributed by atoms with van der Waals surface area (Å²) in [6.07, 6.45) is 2.57. The molecule has 1 unspecified atom stereocenters. The number of rotatable bonds is 7. The molecule has 0 bridgehead atoms. The van der Waals surface area contributed by atoms with Crippen molar-refractivity contribution in [2.75, 3.05) is 26.2 Å². The predicted octanol–water partition coefficient (Wildman–Crippen LogP) is 2.06. The quantitative estimate of drug-likeness (QED) is 0.602. The fourth-order valence-electron chi connectivity index (χ4n) is 2.75. The molecule has 0 aliphatic carbocycles. The summed E-state index contributed by atoms with van der Waals surface area (Å²) in [5.74, 6) is -0.489. The van der Waals surface area contributed by atoms with E-state index < -0.39 is 0 Å². The number of nitrogens with one attached hydrogen (secondary N) is 1. The van der Waals surface area contributed by atoms with Gasteiger partial charge in [0, 0.05) is 37.0 Å². The lowest BCUT2D eigenvalue weighted by Gasteiger charge is -2.31. The first-order valence-electron chi connectivity index (χ1n) is 8.36. The van der Waals surface area contributed by atoms with Crippen LogP contribution in [0.3, 0.4) is 0 Å². The van der Waals surface area contributed by atoms with Crippen molar-refractivity contribution in [3.8, 4) is 0 Å². The average molecular weight is 352 g/mol. The van der Waals surface area contributed by atoms with Gasteiger partial charge in [0.05, 0.1) is 12.5 Å². The normalized spacial score (nSPS) is 17.4. The van der Waals surface area contributed by atoms with Crippen LogP contribution in [0.15, 0.2) is 16.8 Å². The number of ether oxygens (including phenoxy) is 1. The van der Waals surface area contributed by atoms with Crippen LogP contribution in [0.2, 0.25) is 0 Å². The number of thiophene rings is 1. The summed E-state index contributed by atoms with van der Waals surface area (Å²) in [7, 11) is 0. The van der Waals surface area contributed by atoms with Crippen molar-refractivity contribution in [3.63, 3.8) is 0 Å². The van der Waals surface area contributed by atoms with Gasteiger partial charge in [0.1, 0.15) is 0 Å². The Labute approximate surface area is 146 Å². The molecule has 6 nitrogen and oxygen atoms in total. The van der Waals surface area contributed by atoms with Crippen LogP contribution >= 0.6 is 11.3 Å². The minimum Gasteiger partial charge on any atom is -0.466 e. The van der Waals surface area contributed by atoms with Crippen molar-refractivity contribution in [2.45, 2.75) is 32.6 Å². The topological polar surface area (TPSA) is 75.7 Å². The lowest BCUT2D eigenvalue weighted by Crippen LogP contribution is -2.43. The van der Waals surface area contributed by atoms with Gasteiger partial charge < -0.3 is 15.0 Å². The Morgan fingerprint density at radius 2 is 2.25 bits per heavy atom. The Morgan fingerprint density at radius 1 is 1.42 bits per heavy atom. The Balaban J connectivity index is 1.68. The zero-order valence-corrected chi connectivity index (χ0v) is 14.8. The molecule has 132 valence electrons. The minimum absolute atomic E-state index is 0.0359. The third-order valence-electron chi connectivity index (χ3n) is 4.03. The van der Waals surface area contributed by atoms with Crippen LogP contribution in [-0.2, 0) is 14.3 Å². The van der Waals surface area contributed by atoms with Gasteiger partial charge in [-0.05, 0) is 37.6 Å². The molecule has 0 saturated carbocycles. The molecular formula is C17H24N2O4S. The van der Waals surface area contributed by atoms with E-state index in [1.165, 1.54) is 11.3 Å². The SMILES string of the molecule is CCOC(=O)C1CCCN(C(=O)CCCNC(=O)c2ccsc2)C1.